The molecule has 0 spiro atoms. The number of rotatable bonds is 9. The van der Waals surface area contributed by atoms with Crippen molar-refractivity contribution in [3.8, 4) is 0 Å². The molecule has 2 saturated heterocycles. The highest BCUT2D eigenvalue weighted by Crippen LogP contribution is 2.29. The van der Waals surface area contributed by atoms with E-state index in [1.54, 1.807) is 7.11 Å². The van der Waals surface area contributed by atoms with Gasteiger partial charge in [-0.2, -0.15) is 0 Å². The van der Waals surface area contributed by atoms with Crippen LogP contribution in [-0.2, 0) is 24.3 Å². The molecule has 3 N–H and O–H groups in total. The van der Waals surface area contributed by atoms with Gasteiger partial charge in [0, 0.05) is 26.8 Å². The predicted molar refractivity (Wildman–Crippen MR) is 102 cm³/mol. The average molecular weight is 414 g/mol. The minimum absolute atomic E-state index is 0. The molecule has 0 aliphatic carbocycles. The van der Waals surface area contributed by atoms with Crippen LogP contribution >= 0.6 is 12.4 Å². The Kier molecular flexibility index (Phi) is 10.3. The third-order valence-electron chi connectivity index (χ3n) is 4.92. The minimum atomic E-state index is -3.43. The maximum Gasteiger partial charge on any atom is 0.228 e. The third kappa shape index (κ3) is 7.28. The molecule has 26 heavy (non-hydrogen) atoms. The van der Waals surface area contributed by atoms with Crippen LogP contribution in [0.5, 0.6) is 0 Å². The van der Waals surface area contributed by atoms with Crippen molar-refractivity contribution in [1.29, 1.82) is 0 Å². The van der Waals surface area contributed by atoms with Crippen molar-refractivity contribution in [2.24, 2.45) is 5.41 Å². The monoisotopic (exact) mass is 413 g/mol. The van der Waals surface area contributed by atoms with Crippen LogP contribution in [0.2, 0.25) is 0 Å². The second-order valence-corrected chi connectivity index (χ2v) is 8.80. The number of carbonyl (C=O) groups is 1. The predicted octanol–water partition coefficient (Wildman–Crippen LogP) is 0.0291. The summed E-state index contributed by atoms with van der Waals surface area (Å²) in [4.78, 5) is 12.5. The smallest absolute Gasteiger partial charge is 0.228 e. The van der Waals surface area contributed by atoms with Gasteiger partial charge in [0.05, 0.1) is 23.9 Å². The summed E-state index contributed by atoms with van der Waals surface area (Å²) in [5.41, 5.74) is -0.562. The molecule has 0 aromatic carbocycles. The van der Waals surface area contributed by atoms with Crippen molar-refractivity contribution in [1.82, 2.24) is 15.4 Å². The van der Waals surface area contributed by atoms with Gasteiger partial charge in [-0.1, -0.05) is 0 Å². The van der Waals surface area contributed by atoms with E-state index >= 15 is 0 Å². The van der Waals surface area contributed by atoms with E-state index in [9.17, 15) is 13.2 Å². The Balaban J connectivity index is 0.00000338. The molecule has 8 nitrogen and oxygen atoms in total. The second-order valence-electron chi connectivity index (χ2n) is 6.88. The number of carbonyl (C=O) groups excluding carboxylic acids is 1. The van der Waals surface area contributed by atoms with Crippen LogP contribution in [0.4, 0.5) is 0 Å². The Labute approximate surface area is 162 Å². The van der Waals surface area contributed by atoms with Crippen molar-refractivity contribution >= 4 is 28.3 Å². The summed E-state index contributed by atoms with van der Waals surface area (Å²) in [7, 11) is -1.85. The Bertz CT molecular complexity index is 514. The molecule has 1 unspecified atom stereocenters. The number of piperidine rings is 1. The summed E-state index contributed by atoms with van der Waals surface area (Å²) >= 11 is 0. The first-order chi connectivity index (χ1) is 12.0. The molecular weight excluding hydrogens is 382 g/mol. The van der Waals surface area contributed by atoms with E-state index in [1.165, 1.54) is 0 Å². The van der Waals surface area contributed by atoms with Crippen molar-refractivity contribution in [3.63, 3.8) is 0 Å². The summed E-state index contributed by atoms with van der Waals surface area (Å²) in [6.45, 7) is 2.97. The Morgan fingerprint density at radius 3 is 2.65 bits per heavy atom. The van der Waals surface area contributed by atoms with Gasteiger partial charge >= 0.3 is 0 Å². The number of ether oxygens (including phenoxy) is 2. The number of sulfonamides is 1. The first-order valence-corrected chi connectivity index (χ1v) is 10.7. The lowest BCUT2D eigenvalue weighted by Crippen LogP contribution is -2.51. The maximum absolute atomic E-state index is 12.5. The Hall–Kier alpha value is -0.450. The normalized spacial score (nSPS) is 23.0. The fraction of sp³-hybridized carbons (Fsp3) is 0.938. The lowest BCUT2D eigenvalue weighted by Gasteiger charge is -2.35. The molecule has 0 aromatic rings. The van der Waals surface area contributed by atoms with Gasteiger partial charge in [0.1, 0.15) is 0 Å². The van der Waals surface area contributed by atoms with Gasteiger partial charge in [-0.25, -0.2) is 13.1 Å². The molecule has 2 rings (SSSR count). The van der Waals surface area contributed by atoms with Crippen molar-refractivity contribution in [2.45, 2.75) is 38.2 Å². The first kappa shape index (κ1) is 23.6. The fourth-order valence-corrected chi connectivity index (χ4v) is 4.32. The van der Waals surface area contributed by atoms with Crippen LogP contribution in [0.1, 0.15) is 32.1 Å². The highest BCUT2D eigenvalue weighted by Gasteiger charge is 2.39. The Morgan fingerprint density at radius 2 is 2.04 bits per heavy atom. The van der Waals surface area contributed by atoms with Crippen molar-refractivity contribution in [2.75, 3.05) is 52.3 Å². The van der Waals surface area contributed by atoms with Crippen molar-refractivity contribution < 1.29 is 22.7 Å². The van der Waals surface area contributed by atoms with Crippen LogP contribution in [0.25, 0.3) is 0 Å². The molecule has 1 amide bonds. The van der Waals surface area contributed by atoms with Gasteiger partial charge in [0.2, 0.25) is 15.9 Å². The fourth-order valence-electron chi connectivity index (χ4n) is 3.37. The maximum atomic E-state index is 12.5. The largest absolute Gasteiger partial charge is 0.384 e. The van der Waals surface area contributed by atoms with Gasteiger partial charge in [0.25, 0.3) is 0 Å². The zero-order valence-corrected chi connectivity index (χ0v) is 17.1. The Morgan fingerprint density at radius 1 is 1.31 bits per heavy atom. The topological polar surface area (TPSA) is 106 Å². The first-order valence-electron chi connectivity index (χ1n) is 9.04. The molecule has 10 heteroatoms. The summed E-state index contributed by atoms with van der Waals surface area (Å²) < 4.78 is 37.5. The summed E-state index contributed by atoms with van der Waals surface area (Å²) in [5, 5.41) is 6.00. The molecule has 154 valence electrons. The molecule has 2 aliphatic rings. The standard InChI is InChI=1S/C16H31N3O5S.ClH/c1-23-13-16(5-7-17-8-6-16)15(20)18-9-11-25(21,22)19-12-14-4-2-3-10-24-14;/h14,17,19H,2-13H2,1H3,(H,18,20);1H. The highest BCUT2D eigenvalue weighted by atomic mass is 35.5. The van der Waals surface area contributed by atoms with E-state index in [4.69, 9.17) is 9.47 Å². The summed E-state index contributed by atoms with van der Waals surface area (Å²) in [6.07, 6.45) is 4.32. The average Bonchev–Trinajstić information content (AvgIpc) is 2.62. The van der Waals surface area contributed by atoms with E-state index in [2.05, 4.69) is 15.4 Å². The zero-order chi connectivity index (χ0) is 18.2. The highest BCUT2D eigenvalue weighted by molar-refractivity contribution is 7.89. The van der Waals surface area contributed by atoms with E-state index in [1.807, 2.05) is 0 Å². The number of hydrogen-bond donors (Lipinski definition) is 3. The van der Waals surface area contributed by atoms with Gasteiger partial charge in [-0.15, -0.1) is 12.4 Å². The summed E-state index contributed by atoms with van der Waals surface area (Å²) in [5.74, 6) is -0.256. The van der Waals surface area contributed by atoms with Gasteiger partial charge in [0.15, 0.2) is 0 Å². The zero-order valence-electron chi connectivity index (χ0n) is 15.4. The van der Waals surface area contributed by atoms with Crippen LogP contribution in [0.15, 0.2) is 0 Å². The third-order valence-corrected chi connectivity index (χ3v) is 6.27. The second kappa shape index (κ2) is 11.4. The van der Waals surface area contributed by atoms with E-state index in [-0.39, 0.29) is 36.7 Å². The van der Waals surface area contributed by atoms with Crippen LogP contribution in [-0.4, -0.2) is 72.7 Å². The minimum Gasteiger partial charge on any atom is -0.384 e. The van der Waals surface area contributed by atoms with Gasteiger partial charge < -0.3 is 20.1 Å². The van der Waals surface area contributed by atoms with Gasteiger partial charge in [-0.05, 0) is 45.2 Å². The number of nitrogens with one attached hydrogen (secondary N) is 3. The van der Waals surface area contributed by atoms with E-state index in [0.29, 0.717) is 32.6 Å². The van der Waals surface area contributed by atoms with Crippen molar-refractivity contribution in [3.05, 3.63) is 0 Å². The van der Waals surface area contributed by atoms with Crippen LogP contribution in [0, 0.1) is 5.41 Å². The van der Waals surface area contributed by atoms with E-state index in [0.717, 1.165) is 32.4 Å². The molecule has 0 saturated carbocycles. The van der Waals surface area contributed by atoms with E-state index < -0.39 is 15.4 Å². The lowest BCUT2D eigenvalue weighted by atomic mass is 9.78. The molecule has 0 radical (unpaired) electrons. The number of halogens is 1. The van der Waals surface area contributed by atoms with Crippen LogP contribution in [0.3, 0.4) is 0 Å². The quantitative estimate of drug-likeness (QED) is 0.492. The van der Waals surface area contributed by atoms with Gasteiger partial charge in [-0.3, -0.25) is 4.79 Å². The summed E-state index contributed by atoms with van der Waals surface area (Å²) in [6, 6.07) is 0. The SMILES string of the molecule is COCC1(C(=O)NCCS(=O)(=O)NCC2CCCCO2)CCNCC1.Cl. The number of methoxy groups -OCH3 is 1. The molecule has 2 fully saturated rings. The molecule has 0 aromatic heterocycles. The molecule has 2 aliphatic heterocycles. The molecule has 0 bridgehead atoms. The number of hydrogen-bond acceptors (Lipinski definition) is 6. The molecular formula is C16H32ClN3O5S. The molecule has 2 heterocycles. The number of amides is 1. The lowest BCUT2D eigenvalue weighted by molar-refractivity contribution is -0.136. The molecule has 1 atom stereocenters. The van der Waals surface area contributed by atoms with Crippen LogP contribution < -0.4 is 15.4 Å².